The fraction of sp³-hybridized carbons (Fsp3) is 0.593. The fourth-order valence-corrected chi connectivity index (χ4v) is 4.09. The largest absolute Gasteiger partial charge is 0.494 e. The predicted molar refractivity (Wildman–Crippen MR) is 134 cm³/mol. The van der Waals surface area contributed by atoms with Gasteiger partial charge in [0.05, 0.1) is 42.8 Å². The molecule has 0 aliphatic carbocycles. The van der Waals surface area contributed by atoms with Crippen molar-refractivity contribution < 1.29 is 19.0 Å². The first kappa shape index (κ1) is 25.9. The SMILES string of the molecule is CCOC(=O)C1CCN(c2cnc(-c3ccc(OCCCCCC(C)(C)OC)cc3)nc2)CC1. The highest BCUT2D eigenvalue weighted by Crippen LogP contribution is 2.25. The zero-order valence-corrected chi connectivity index (χ0v) is 21.1. The smallest absolute Gasteiger partial charge is 0.309 e. The number of piperidine rings is 1. The van der Waals surface area contributed by atoms with E-state index >= 15 is 0 Å². The molecule has 1 aliphatic heterocycles. The molecule has 0 N–H and O–H groups in total. The molecule has 0 saturated carbocycles. The second-order valence-electron chi connectivity index (χ2n) is 9.43. The van der Waals surface area contributed by atoms with Gasteiger partial charge in [0.25, 0.3) is 0 Å². The number of benzene rings is 1. The lowest BCUT2D eigenvalue weighted by atomic mass is 9.97. The van der Waals surface area contributed by atoms with Gasteiger partial charge in [0, 0.05) is 25.8 Å². The van der Waals surface area contributed by atoms with Crippen molar-refractivity contribution in [2.75, 3.05) is 38.3 Å². The van der Waals surface area contributed by atoms with Gasteiger partial charge in [-0.15, -0.1) is 0 Å². The van der Waals surface area contributed by atoms with Crippen LogP contribution < -0.4 is 9.64 Å². The fourth-order valence-electron chi connectivity index (χ4n) is 4.09. The molecule has 1 aliphatic rings. The maximum Gasteiger partial charge on any atom is 0.309 e. The molecule has 34 heavy (non-hydrogen) atoms. The maximum atomic E-state index is 11.9. The first-order valence-corrected chi connectivity index (χ1v) is 12.4. The van der Waals surface area contributed by atoms with E-state index in [0.717, 1.165) is 68.6 Å². The first-order chi connectivity index (χ1) is 16.4. The van der Waals surface area contributed by atoms with Crippen LogP contribution in [0.5, 0.6) is 5.75 Å². The van der Waals surface area contributed by atoms with Gasteiger partial charge in [-0.25, -0.2) is 9.97 Å². The lowest BCUT2D eigenvalue weighted by Gasteiger charge is -2.32. The first-order valence-electron chi connectivity index (χ1n) is 12.4. The lowest BCUT2D eigenvalue weighted by molar-refractivity contribution is -0.148. The Bertz CT molecular complexity index is 876. The van der Waals surface area contributed by atoms with Crippen LogP contribution in [0.4, 0.5) is 5.69 Å². The molecule has 186 valence electrons. The number of carbonyl (C=O) groups is 1. The van der Waals surface area contributed by atoms with E-state index in [-0.39, 0.29) is 17.5 Å². The molecule has 0 atom stereocenters. The summed E-state index contributed by atoms with van der Waals surface area (Å²) in [4.78, 5) is 23.3. The number of carbonyl (C=O) groups excluding carboxylic acids is 1. The zero-order valence-electron chi connectivity index (χ0n) is 21.1. The maximum absolute atomic E-state index is 11.9. The number of rotatable bonds is 12. The third kappa shape index (κ3) is 7.69. The summed E-state index contributed by atoms with van der Waals surface area (Å²) in [5.74, 6) is 1.48. The molecular formula is C27H39N3O4. The van der Waals surface area contributed by atoms with E-state index in [1.54, 1.807) is 7.11 Å². The molecule has 0 amide bonds. The summed E-state index contributed by atoms with van der Waals surface area (Å²) in [6.07, 6.45) is 9.68. The molecular weight excluding hydrogens is 430 g/mol. The van der Waals surface area contributed by atoms with Crippen LogP contribution in [0.15, 0.2) is 36.7 Å². The van der Waals surface area contributed by atoms with Crippen molar-refractivity contribution in [3.8, 4) is 17.1 Å². The van der Waals surface area contributed by atoms with Gasteiger partial charge in [-0.2, -0.15) is 0 Å². The van der Waals surface area contributed by atoms with E-state index in [9.17, 15) is 4.79 Å². The Balaban J connectivity index is 1.42. The number of ether oxygens (including phenoxy) is 3. The highest BCUT2D eigenvalue weighted by Gasteiger charge is 2.26. The summed E-state index contributed by atoms with van der Waals surface area (Å²) in [7, 11) is 1.77. The summed E-state index contributed by atoms with van der Waals surface area (Å²) in [5.41, 5.74) is 1.90. The number of esters is 1. The van der Waals surface area contributed by atoms with Crippen molar-refractivity contribution in [3.05, 3.63) is 36.7 Å². The molecule has 2 aromatic rings. The molecule has 2 heterocycles. The van der Waals surface area contributed by atoms with Gasteiger partial charge in [-0.1, -0.05) is 6.42 Å². The average Bonchev–Trinajstić information content (AvgIpc) is 2.87. The number of unbranched alkanes of at least 4 members (excludes halogenated alkanes) is 2. The van der Waals surface area contributed by atoms with Crippen molar-refractivity contribution in [1.82, 2.24) is 9.97 Å². The van der Waals surface area contributed by atoms with Crippen LogP contribution in [0.25, 0.3) is 11.4 Å². The Labute approximate surface area is 203 Å². The standard InChI is InChI=1S/C27H39N3O4/c1-5-33-26(31)22-13-16-30(17-14-22)23-19-28-25(29-20-23)21-9-11-24(12-10-21)34-18-8-6-7-15-27(2,3)32-4/h9-12,19-20,22H,5-8,13-18H2,1-4H3. The molecule has 3 rings (SSSR count). The molecule has 1 fully saturated rings. The highest BCUT2D eigenvalue weighted by molar-refractivity contribution is 5.72. The number of nitrogens with zero attached hydrogens (tertiary/aromatic N) is 3. The van der Waals surface area contributed by atoms with Crippen LogP contribution >= 0.6 is 0 Å². The minimum atomic E-state index is -0.0766. The third-order valence-corrected chi connectivity index (χ3v) is 6.48. The molecule has 0 bridgehead atoms. The Kier molecular flexibility index (Phi) is 9.69. The monoisotopic (exact) mass is 469 g/mol. The highest BCUT2D eigenvalue weighted by atomic mass is 16.5. The Hall–Kier alpha value is -2.67. The van der Waals surface area contributed by atoms with Crippen molar-refractivity contribution in [1.29, 1.82) is 0 Å². The van der Waals surface area contributed by atoms with Gasteiger partial charge in [0.1, 0.15) is 5.75 Å². The van der Waals surface area contributed by atoms with E-state index in [1.807, 2.05) is 43.6 Å². The number of anilines is 1. The van der Waals surface area contributed by atoms with Gasteiger partial charge < -0.3 is 19.1 Å². The third-order valence-electron chi connectivity index (χ3n) is 6.48. The minimum absolute atomic E-state index is 0.0000639. The summed E-state index contributed by atoms with van der Waals surface area (Å²) in [6, 6.07) is 7.94. The van der Waals surface area contributed by atoms with Gasteiger partial charge >= 0.3 is 5.97 Å². The zero-order chi connectivity index (χ0) is 24.4. The number of hydrogen-bond acceptors (Lipinski definition) is 7. The van der Waals surface area contributed by atoms with E-state index < -0.39 is 0 Å². The lowest BCUT2D eigenvalue weighted by Crippen LogP contribution is -2.37. The van der Waals surface area contributed by atoms with Gasteiger partial charge in [-0.3, -0.25) is 4.79 Å². The van der Waals surface area contributed by atoms with Crippen LogP contribution in [0.2, 0.25) is 0 Å². The van der Waals surface area contributed by atoms with Crippen molar-refractivity contribution in [2.45, 2.75) is 64.9 Å². The molecule has 7 heteroatoms. The molecule has 7 nitrogen and oxygen atoms in total. The van der Waals surface area contributed by atoms with Crippen molar-refractivity contribution in [3.63, 3.8) is 0 Å². The van der Waals surface area contributed by atoms with Crippen LogP contribution in [-0.2, 0) is 14.3 Å². The summed E-state index contributed by atoms with van der Waals surface area (Å²) in [5, 5.41) is 0. The van der Waals surface area contributed by atoms with Gasteiger partial charge in [0.15, 0.2) is 5.82 Å². The van der Waals surface area contributed by atoms with Crippen LogP contribution in [0.3, 0.4) is 0 Å². The summed E-state index contributed by atoms with van der Waals surface area (Å²) in [6.45, 7) is 8.86. The predicted octanol–water partition coefficient (Wildman–Crippen LogP) is 5.29. The molecule has 0 radical (unpaired) electrons. The Morgan fingerprint density at radius 1 is 1.06 bits per heavy atom. The topological polar surface area (TPSA) is 73.8 Å². The van der Waals surface area contributed by atoms with E-state index in [1.165, 1.54) is 0 Å². The Morgan fingerprint density at radius 3 is 2.35 bits per heavy atom. The molecule has 1 aromatic heterocycles. The molecule has 0 unspecified atom stereocenters. The normalized spacial score (nSPS) is 14.8. The molecule has 0 spiro atoms. The minimum Gasteiger partial charge on any atom is -0.494 e. The quantitative estimate of drug-likeness (QED) is 0.309. The van der Waals surface area contributed by atoms with Crippen molar-refractivity contribution >= 4 is 11.7 Å². The average molecular weight is 470 g/mol. The Morgan fingerprint density at radius 2 is 1.74 bits per heavy atom. The van der Waals surface area contributed by atoms with E-state index in [4.69, 9.17) is 14.2 Å². The number of methoxy groups -OCH3 is 1. The number of hydrogen-bond donors (Lipinski definition) is 0. The van der Waals surface area contributed by atoms with Crippen LogP contribution in [0.1, 0.15) is 59.3 Å². The van der Waals surface area contributed by atoms with E-state index in [0.29, 0.717) is 19.0 Å². The van der Waals surface area contributed by atoms with Crippen LogP contribution in [-0.4, -0.2) is 55.0 Å². The van der Waals surface area contributed by atoms with Gasteiger partial charge in [-0.05, 0) is 77.1 Å². The summed E-state index contributed by atoms with van der Waals surface area (Å²) < 4.78 is 16.5. The molecule has 1 saturated heterocycles. The number of aromatic nitrogens is 2. The second kappa shape index (κ2) is 12.7. The summed E-state index contributed by atoms with van der Waals surface area (Å²) >= 11 is 0. The second-order valence-corrected chi connectivity index (χ2v) is 9.43. The molecule has 1 aromatic carbocycles. The van der Waals surface area contributed by atoms with Crippen molar-refractivity contribution in [2.24, 2.45) is 5.92 Å². The van der Waals surface area contributed by atoms with E-state index in [2.05, 4.69) is 28.7 Å². The van der Waals surface area contributed by atoms with Crippen LogP contribution in [0, 0.1) is 5.92 Å². The van der Waals surface area contributed by atoms with Gasteiger partial charge in [0.2, 0.25) is 0 Å².